The number of nitrogens with one attached hydrogen (secondary N) is 1. The Labute approximate surface area is 114 Å². The molecular formula is C13H13N5O2. The average molecular weight is 271 g/mol. The molecule has 0 fully saturated rings. The molecule has 0 spiro atoms. The number of rotatable bonds is 4. The van der Waals surface area contributed by atoms with Crippen LogP contribution in [0.1, 0.15) is 17.5 Å². The lowest BCUT2D eigenvalue weighted by atomic mass is 10.1. The summed E-state index contributed by atoms with van der Waals surface area (Å²) in [5, 5.41) is 10.5. The quantitative estimate of drug-likeness (QED) is 0.749. The molecule has 0 aliphatic carbocycles. The van der Waals surface area contributed by atoms with Crippen LogP contribution in [0.4, 0.5) is 5.82 Å². The van der Waals surface area contributed by atoms with Gasteiger partial charge in [-0.05, 0) is 5.56 Å². The van der Waals surface area contributed by atoms with E-state index < -0.39 is 0 Å². The molecule has 2 heterocycles. The van der Waals surface area contributed by atoms with Crippen molar-refractivity contribution in [2.75, 3.05) is 12.8 Å². The standard InChI is InChI=1S/C13H13N5O2/c1-19-11(8-5-3-2-4-6-8)12-15-13(20-18-12)9-7-10(14)17-16-9/h2-7,11H,1H3,(H3,14,16,17). The maximum absolute atomic E-state index is 5.54. The third-order valence-electron chi connectivity index (χ3n) is 2.84. The topological polar surface area (TPSA) is 103 Å². The zero-order valence-electron chi connectivity index (χ0n) is 10.8. The number of benzene rings is 1. The minimum Gasteiger partial charge on any atom is -0.382 e. The van der Waals surface area contributed by atoms with Gasteiger partial charge in [-0.1, -0.05) is 35.5 Å². The molecule has 20 heavy (non-hydrogen) atoms. The molecule has 3 aromatic rings. The Kier molecular flexibility index (Phi) is 3.18. The third-order valence-corrected chi connectivity index (χ3v) is 2.84. The summed E-state index contributed by atoms with van der Waals surface area (Å²) in [4.78, 5) is 4.31. The molecule has 0 radical (unpaired) electrons. The van der Waals surface area contributed by atoms with Gasteiger partial charge in [0.2, 0.25) is 5.82 Å². The van der Waals surface area contributed by atoms with Crippen molar-refractivity contribution >= 4 is 5.82 Å². The van der Waals surface area contributed by atoms with E-state index in [0.717, 1.165) is 5.56 Å². The number of H-pyrrole nitrogens is 1. The lowest BCUT2D eigenvalue weighted by Crippen LogP contribution is -2.05. The van der Waals surface area contributed by atoms with Gasteiger partial charge in [0.25, 0.3) is 5.89 Å². The van der Waals surface area contributed by atoms with Crippen molar-refractivity contribution < 1.29 is 9.26 Å². The molecule has 0 amide bonds. The van der Waals surface area contributed by atoms with E-state index in [1.165, 1.54) is 0 Å². The average Bonchev–Trinajstić information content (AvgIpc) is 3.10. The molecule has 1 aromatic carbocycles. The Bertz CT molecular complexity index is 692. The number of nitrogen functional groups attached to an aromatic ring is 1. The number of ether oxygens (including phenoxy) is 1. The molecule has 1 atom stereocenters. The second-order valence-corrected chi connectivity index (χ2v) is 4.19. The van der Waals surface area contributed by atoms with Crippen LogP contribution >= 0.6 is 0 Å². The van der Waals surface area contributed by atoms with Crippen LogP contribution in [-0.2, 0) is 4.74 Å². The Balaban J connectivity index is 1.92. The van der Waals surface area contributed by atoms with Crippen molar-refractivity contribution in [3.63, 3.8) is 0 Å². The number of nitrogens with zero attached hydrogens (tertiary/aromatic N) is 3. The molecule has 1 unspecified atom stereocenters. The summed E-state index contributed by atoms with van der Waals surface area (Å²) < 4.78 is 10.6. The van der Waals surface area contributed by atoms with Crippen LogP contribution in [0.25, 0.3) is 11.6 Å². The zero-order chi connectivity index (χ0) is 13.9. The number of anilines is 1. The summed E-state index contributed by atoms with van der Waals surface area (Å²) in [5.41, 5.74) is 7.07. The molecule has 7 nitrogen and oxygen atoms in total. The minimum absolute atomic E-state index is 0.321. The highest BCUT2D eigenvalue weighted by molar-refractivity contribution is 5.51. The zero-order valence-corrected chi connectivity index (χ0v) is 10.8. The Hall–Kier alpha value is -2.67. The first-order valence-electron chi connectivity index (χ1n) is 6.00. The highest BCUT2D eigenvalue weighted by atomic mass is 16.5. The van der Waals surface area contributed by atoms with Gasteiger partial charge >= 0.3 is 0 Å². The first kappa shape index (κ1) is 12.4. The second kappa shape index (κ2) is 5.14. The van der Waals surface area contributed by atoms with E-state index in [9.17, 15) is 0 Å². The Morgan fingerprint density at radius 1 is 1.30 bits per heavy atom. The van der Waals surface area contributed by atoms with Crippen LogP contribution in [0.15, 0.2) is 40.9 Å². The number of aromatic amines is 1. The monoisotopic (exact) mass is 271 g/mol. The van der Waals surface area contributed by atoms with E-state index in [1.54, 1.807) is 13.2 Å². The fraction of sp³-hybridized carbons (Fsp3) is 0.154. The van der Waals surface area contributed by atoms with Gasteiger partial charge in [0, 0.05) is 13.2 Å². The maximum Gasteiger partial charge on any atom is 0.276 e. The van der Waals surface area contributed by atoms with Crippen LogP contribution < -0.4 is 5.73 Å². The Morgan fingerprint density at radius 3 is 2.75 bits per heavy atom. The van der Waals surface area contributed by atoms with Crippen molar-refractivity contribution in [2.24, 2.45) is 0 Å². The van der Waals surface area contributed by atoms with Gasteiger partial charge in [0.15, 0.2) is 0 Å². The largest absolute Gasteiger partial charge is 0.382 e. The second-order valence-electron chi connectivity index (χ2n) is 4.19. The Morgan fingerprint density at radius 2 is 2.10 bits per heavy atom. The van der Waals surface area contributed by atoms with E-state index in [4.69, 9.17) is 15.0 Å². The molecular weight excluding hydrogens is 258 g/mol. The van der Waals surface area contributed by atoms with Crippen LogP contribution in [0, 0.1) is 0 Å². The first-order chi connectivity index (χ1) is 9.78. The lowest BCUT2D eigenvalue weighted by Gasteiger charge is -2.10. The predicted octanol–water partition coefficient (Wildman–Crippen LogP) is 1.78. The molecule has 0 bridgehead atoms. The third kappa shape index (κ3) is 2.26. The van der Waals surface area contributed by atoms with Crippen LogP contribution in [-0.4, -0.2) is 27.4 Å². The lowest BCUT2D eigenvalue weighted by molar-refractivity contribution is 0.126. The number of hydrogen-bond donors (Lipinski definition) is 2. The smallest absolute Gasteiger partial charge is 0.276 e. The highest BCUT2D eigenvalue weighted by Crippen LogP contribution is 2.25. The molecule has 2 aromatic heterocycles. The van der Waals surface area contributed by atoms with Gasteiger partial charge in [-0.25, -0.2) is 0 Å². The van der Waals surface area contributed by atoms with Gasteiger partial charge in [-0.2, -0.15) is 10.1 Å². The van der Waals surface area contributed by atoms with Crippen molar-refractivity contribution in [1.82, 2.24) is 20.3 Å². The van der Waals surface area contributed by atoms with Crippen molar-refractivity contribution in [3.8, 4) is 11.6 Å². The summed E-state index contributed by atoms with van der Waals surface area (Å²) in [6, 6.07) is 11.3. The van der Waals surface area contributed by atoms with Crippen LogP contribution in [0.3, 0.4) is 0 Å². The molecule has 7 heteroatoms. The fourth-order valence-electron chi connectivity index (χ4n) is 1.92. The van der Waals surface area contributed by atoms with E-state index in [-0.39, 0.29) is 6.10 Å². The molecule has 3 rings (SSSR count). The maximum atomic E-state index is 5.54. The predicted molar refractivity (Wildman–Crippen MR) is 71.6 cm³/mol. The van der Waals surface area contributed by atoms with Crippen molar-refractivity contribution in [2.45, 2.75) is 6.10 Å². The van der Waals surface area contributed by atoms with Crippen LogP contribution in [0.5, 0.6) is 0 Å². The summed E-state index contributed by atoms with van der Waals surface area (Å²) in [6.45, 7) is 0. The highest BCUT2D eigenvalue weighted by Gasteiger charge is 2.21. The fourth-order valence-corrected chi connectivity index (χ4v) is 1.92. The minimum atomic E-state index is -0.381. The first-order valence-corrected chi connectivity index (χ1v) is 6.00. The van der Waals surface area contributed by atoms with Gasteiger partial charge in [-0.3, -0.25) is 5.10 Å². The van der Waals surface area contributed by atoms with Gasteiger partial charge in [-0.15, -0.1) is 0 Å². The van der Waals surface area contributed by atoms with E-state index in [1.807, 2.05) is 30.3 Å². The van der Waals surface area contributed by atoms with Crippen LogP contribution in [0.2, 0.25) is 0 Å². The molecule has 0 saturated carbocycles. The van der Waals surface area contributed by atoms with Gasteiger partial charge in [0.05, 0.1) is 0 Å². The van der Waals surface area contributed by atoms with E-state index in [2.05, 4.69) is 20.3 Å². The summed E-state index contributed by atoms with van der Waals surface area (Å²) in [7, 11) is 1.60. The number of aromatic nitrogens is 4. The van der Waals surface area contributed by atoms with Gasteiger partial charge in [0.1, 0.15) is 17.6 Å². The molecule has 0 aliphatic rings. The number of methoxy groups -OCH3 is 1. The van der Waals surface area contributed by atoms with E-state index >= 15 is 0 Å². The molecule has 3 N–H and O–H groups in total. The molecule has 0 aliphatic heterocycles. The summed E-state index contributed by atoms with van der Waals surface area (Å²) >= 11 is 0. The summed E-state index contributed by atoms with van der Waals surface area (Å²) in [6.07, 6.45) is -0.381. The van der Waals surface area contributed by atoms with E-state index in [0.29, 0.717) is 23.2 Å². The normalized spacial score (nSPS) is 12.4. The SMILES string of the molecule is COC(c1ccccc1)c1noc(-c2cc(N)n[nH]2)n1. The molecule has 102 valence electrons. The van der Waals surface area contributed by atoms with Crippen molar-refractivity contribution in [3.05, 3.63) is 47.8 Å². The molecule has 0 saturated heterocycles. The van der Waals surface area contributed by atoms with Gasteiger partial charge < -0.3 is 15.0 Å². The number of nitrogens with two attached hydrogens (primary N) is 1. The van der Waals surface area contributed by atoms with Crippen molar-refractivity contribution in [1.29, 1.82) is 0 Å². The summed E-state index contributed by atoms with van der Waals surface area (Å²) in [5.74, 6) is 1.13. The number of hydrogen-bond acceptors (Lipinski definition) is 6.